The van der Waals surface area contributed by atoms with Crippen molar-refractivity contribution in [1.29, 1.82) is 0 Å². The number of nitrogens with one attached hydrogen (secondary N) is 1. The second kappa shape index (κ2) is 8.66. The van der Waals surface area contributed by atoms with Gasteiger partial charge in [0.25, 0.3) is 0 Å². The monoisotopic (exact) mass is 372 g/mol. The van der Waals surface area contributed by atoms with Gasteiger partial charge in [-0.1, -0.05) is 15.9 Å². The molecule has 0 aromatic heterocycles. The van der Waals surface area contributed by atoms with Crippen LogP contribution in [0.25, 0.3) is 0 Å². The van der Waals surface area contributed by atoms with E-state index < -0.39 is 10.8 Å². The summed E-state index contributed by atoms with van der Waals surface area (Å²) in [6.45, 7) is 3.48. The summed E-state index contributed by atoms with van der Waals surface area (Å²) in [5.74, 6) is 0.728. The number of carbonyl (C=O) groups is 1. The third-order valence-electron chi connectivity index (χ3n) is 3.49. The van der Waals surface area contributed by atoms with Crippen molar-refractivity contribution >= 4 is 32.6 Å². The molecular weight excluding hydrogens is 352 g/mol. The largest absolute Gasteiger partial charge is 0.341 e. The zero-order chi connectivity index (χ0) is 15.1. The average molecular weight is 373 g/mol. The smallest absolute Gasteiger partial charge is 0.222 e. The summed E-state index contributed by atoms with van der Waals surface area (Å²) >= 11 is 3.36. The highest BCUT2D eigenvalue weighted by molar-refractivity contribution is 9.10. The molecule has 1 aromatic rings. The lowest BCUT2D eigenvalue weighted by Gasteiger charge is -2.19. The van der Waals surface area contributed by atoms with Crippen molar-refractivity contribution in [3.63, 3.8) is 0 Å². The summed E-state index contributed by atoms with van der Waals surface area (Å²) < 4.78 is 13.1. The Hall–Kier alpha value is -0.720. The second-order valence-electron chi connectivity index (χ2n) is 5.09. The van der Waals surface area contributed by atoms with Crippen LogP contribution in [0.4, 0.5) is 0 Å². The Morgan fingerprint density at radius 3 is 2.76 bits per heavy atom. The fourth-order valence-electron chi connectivity index (χ4n) is 2.31. The molecule has 2 rings (SSSR count). The molecular formula is C15H21BrN2O2S. The topological polar surface area (TPSA) is 49.4 Å². The van der Waals surface area contributed by atoms with E-state index >= 15 is 0 Å². The van der Waals surface area contributed by atoms with Gasteiger partial charge in [0, 0.05) is 41.2 Å². The number of hydrogen-bond acceptors (Lipinski definition) is 3. The molecule has 0 bridgehead atoms. The van der Waals surface area contributed by atoms with Gasteiger partial charge >= 0.3 is 0 Å². The zero-order valence-electron chi connectivity index (χ0n) is 12.0. The summed E-state index contributed by atoms with van der Waals surface area (Å²) in [5, 5.41) is 3.29. The molecule has 1 atom stereocenters. The number of benzene rings is 1. The maximum atomic E-state index is 12.1. The molecule has 4 nitrogen and oxygen atoms in total. The van der Waals surface area contributed by atoms with Crippen LogP contribution < -0.4 is 5.32 Å². The summed E-state index contributed by atoms with van der Waals surface area (Å²) in [6, 6.07) is 7.51. The van der Waals surface area contributed by atoms with Gasteiger partial charge in [0.15, 0.2) is 0 Å². The lowest BCUT2D eigenvalue weighted by molar-refractivity contribution is -0.131. The van der Waals surface area contributed by atoms with Crippen molar-refractivity contribution < 1.29 is 9.00 Å². The second-order valence-corrected chi connectivity index (χ2v) is 7.58. The first kappa shape index (κ1) is 16.6. The molecule has 1 aliphatic heterocycles. The summed E-state index contributed by atoms with van der Waals surface area (Å²) in [6.07, 6.45) is 2.17. The van der Waals surface area contributed by atoms with Crippen LogP contribution in [0.2, 0.25) is 0 Å². The maximum Gasteiger partial charge on any atom is 0.222 e. The normalized spacial score (nSPS) is 17.3. The molecule has 116 valence electrons. The Morgan fingerprint density at radius 1 is 1.24 bits per heavy atom. The van der Waals surface area contributed by atoms with Crippen LogP contribution in [-0.4, -0.2) is 46.9 Å². The highest BCUT2D eigenvalue weighted by atomic mass is 79.9. The van der Waals surface area contributed by atoms with Gasteiger partial charge < -0.3 is 10.2 Å². The molecule has 1 heterocycles. The van der Waals surface area contributed by atoms with Gasteiger partial charge in [-0.2, -0.15) is 0 Å². The average Bonchev–Trinajstić information content (AvgIpc) is 2.77. The van der Waals surface area contributed by atoms with Gasteiger partial charge in [-0.3, -0.25) is 9.00 Å². The maximum absolute atomic E-state index is 12.1. The van der Waals surface area contributed by atoms with Crippen LogP contribution in [0.3, 0.4) is 0 Å². The molecule has 1 fully saturated rings. The standard InChI is InChI=1S/C15H21BrN2O2S/c16-13-4-6-14(7-5-13)21(20)12-1-3-15(19)18-10-2-8-17-9-11-18/h4-7,17H,1-3,8-12H2. The van der Waals surface area contributed by atoms with Crippen LogP contribution in [0.1, 0.15) is 19.3 Å². The third-order valence-corrected chi connectivity index (χ3v) is 5.48. The predicted octanol–water partition coefficient (Wildman–Crippen LogP) is 2.16. The van der Waals surface area contributed by atoms with Gasteiger partial charge in [-0.05, 0) is 43.7 Å². The van der Waals surface area contributed by atoms with Gasteiger partial charge in [-0.25, -0.2) is 0 Å². The summed E-state index contributed by atoms with van der Waals surface area (Å²) in [4.78, 5) is 14.8. The minimum Gasteiger partial charge on any atom is -0.341 e. The van der Waals surface area contributed by atoms with E-state index in [0.29, 0.717) is 18.6 Å². The Kier molecular flexibility index (Phi) is 6.86. The van der Waals surface area contributed by atoms with Crippen LogP contribution >= 0.6 is 15.9 Å². The van der Waals surface area contributed by atoms with E-state index in [1.165, 1.54) is 0 Å². The molecule has 0 spiro atoms. The number of carbonyl (C=O) groups excluding carboxylic acids is 1. The zero-order valence-corrected chi connectivity index (χ0v) is 14.4. The van der Waals surface area contributed by atoms with E-state index in [0.717, 1.165) is 42.0 Å². The van der Waals surface area contributed by atoms with Crippen LogP contribution in [0, 0.1) is 0 Å². The molecule has 1 aliphatic rings. The van der Waals surface area contributed by atoms with Crippen molar-refractivity contribution in [2.75, 3.05) is 31.9 Å². The first-order chi connectivity index (χ1) is 10.2. The fraction of sp³-hybridized carbons (Fsp3) is 0.533. The predicted molar refractivity (Wildman–Crippen MR) is 88.7 cm³/mol. The molecule has 0 saturated carbocycles. The molecule has 0 radical (unpaired) electrons. The first-order valence-corrected chi connectivity index (χ1v) is 9.40. The van der Waals surface area contributed by atoms with E-state index in [-0.39, 0.29) is 5.91 Å². The SMILES string of the molecule is O=C(CCCS(=O)c1ccc(Br)cc1)N1CCCNCC1. The van der Waals surface area contributed by atoms with Crippen molar-refractivity contribution in [2.45, 2.75) is 24.2 Å². The minimum atomic E-state index is -1.02. The fourth-order valence-corrected chi connectivity index (χ4v) is 3.66. The molecule has 1 N–H and O–H groups in total. The molecule has 1 unspecified atom stereocenters. The molecule has 1 saturated heterocycles. The lowest BCUT2D eigenvalue weighted by Crippen LogP contribution is -2.34. The number of halogens is 1. The van der Waals surface area contributed by atoms with Crippen LogP contribution in [0.5, 0.6) is 0 Å². The molecule has 1 amide bonds. The molecule has 6 heteroatoms. The number of nitrogens with zero attached hydrogens (tertiary/aromatic N) is 1. The first-order valence-electron chi connectivity index (χ1n) is 7.29. The van der Waals surface area contributed by atoms with Gasteiger partial charge in [0.1, 0.15) is 0 Å². The lowest BCUT2D eigenvalue weighted by atomic mass is 10.3. The van der Waals surface area contributed by atoms with Crippen molar-refractivity contribution in [3.8, 4) is 0 Å². The van der Waals surface area contributed by atoms with Crippen LogP contribution in [-0.2, 0) is 15.6 Å². The number of amides is 1. The third kappa shape index (κ3) is 5.52. The van der Waals surface area contributed by atoms with Gasteiger partial charge in [-0.15, -0.1) is 0 Å². The molecule has 0 aliphatic carbocycles. The van der Waals surface area contributed by atoms with E-state index in [1.807, 2.05) is 29.2 Å². The minimum absolute atomic E-state index is 0.187. The van der Waals surface area contributed by atoms with Crippen LogP contribution in [0.15, 0.2) is 33.6 Å². The molecule has 1 aromatic carbocycles. The number of rotatable bonds is 5. The van der Waals surface area contributed by atoms with E-state index in [9.17, 15) is 9.00 Å². The van der Waals surface area contributed by atoms with E-state index in [4.69, 9.17) is 0 Å². The summed E-state index contributed by atoms with van der Waals surface area (Å²) in [5.41, 5.74) is 0. The number of hydrogen-bond donors (Lipinski definition) is 1. The van der Waals surface area contributed by atoms with E-state index in [1.54, 1.807) is 0 Å². The Bertz CT molecular complexity index is 485. The van der Waals surface area contributed by atoms with Gasteiger partial charge in [0.2, 0.25) is 5.91 Å². The van der Waals surface area contributed by atoms with Gasteiger partial charge in [0.05, 0.1) is 10.8 Å². The van der Waals surface area contributed by atoms with Crippen molar-refractivity contribution in [1.82, 2.24) is 10.2 Å². The Morgan fingerprint density at radius 2 is 2.00 bits per heavy atom. The quantitative estimate of drug-likeness (QED) is 0.861. The summed E-state index contributed by atoms with van der Waals surface area (Å²) in [7, 11) is -1.02. The highest BCUT2D eigenvalue weighted by Crippen LogP contribution is 2.14. The van der Waals surface area contributed by atoms with Crippen molar-refractivity contribution in [2.24, 2.45) is 0 Å². The van der Waals surface area contributed by atoms with E-state index in [2.05, 4.69) is 21.2 Å². The van der Waals surface area contributed by atoms with Crippen molar-refractivity contribution in [3.05, 3.63) is 28.7 Å². The molecule has 21 heavy (non-hydrogen) atoms. The highest BCUT2D eigenvalue weighted by Gasteiger charge is 2.15. The Labute approximate surface area is 136 Å². The Balaban J connectivity index is 1.74.